The number of carbonyl (C=O) groups excluding carboxylic acids is 1. The summed E-state index contributed by atoms with van der Waals surface area (Å²) in [4.78, 5) is 29.4. The number of likely N-dealkylation sites (N-methyl/N-ethyl adjacent to an activating group) is 1. The number of carbonyl (C=O) groups is 1. The van der Waals surface area contributed by atoms with E-state index < -0.39 is 0 Å². The van der Waals surface area contributed by atoms with Crippen LogP contribution in [0.15, 0.2) is 42.9 Å². The van der Waals surface area contributed by atoms with Gasteiger partial charge in [-0.15, -0.1) is 0 Å². The molecule has 1 fully saturated rings. The van der Waals surface area contributed by atoms with Crippen LogP contribution in [-0.2, 0) is 6.54 Å². The number of nitrogens with one attached hydrogen (secondary N) is 4. The third-order valence-corrected chi connectivity index (χ3v) is 5.89. The van der Waals surface area contributed by atoms with Crippen LogP contribution < -0.4 is 10.6 Å². The van der Waals surface area contributed by atoms with Crippen LogP contribution in [0.2, 0.25) is 0 Å². The maximum atomic E-state index is 12.9. The number of piperazine rings is 1. The molecule has 5 rings (SSSR count). The van der Waals surface area contributed by atoms with Gasteiger partial charge in [0.2, 0.25) is 0 Å². The molecule has 0 radical (unpaired) electrons. The van der Waals surface area contributed by atoms with Crippen molar-refractivity contribution in [3.63, 3.8) is 0 Å². The van der Waals surface area contributed by atoms with Gasteiger partial charge in [-0.3, -0.25) is 14.8 Å². The number of anilines is 3. The number of aromatic amines is 2. The predicted octanol–water partition coefficient (Wildman–Crippen LogP) is 2.73. The van der Waals surface area contributed by atoms with Crippen molar-refractivity contribution in [1.29, 1.82) is 0 Å². The summed E-state index contributed by atoms with van der Waals surface area (Å²) in [6, 6.07) is 9.95. The second-order valence-electron chi connectivity index (χ2n) is 8.45. The minimum Gasteiger partial charge on any atom is -0.343 e. The van der Waals surface area contributed by atoms with Crippen LogP contribution in [0.4, 0.5) is 17.2 Å². The summed E-state index contributed by atoms with van der Waals surface area (Å²) >= 11 is 0. The van der Waals surface area contributed by atoms with Crippen LogP contribution in [0.5, 0.6) is 0 Å². The van der Waals surface area contributed by atoms with E-state index in [1.807, 2.05) is 25.1 Å². The Hall–Kier alpha value is -3.76. The minimum atomic E-state index is -0.280. The smallest absolute Gasteiger partial charge is 0.275 e. The third-order valence-electron chi connectivity index (χ3n) is 5.89. The molecule has 0 spiro atoms. The van der Waals surface area contributed by atoms with Gasteiger partial charge in [-0.1, -0.05) is 12.1 Å². The first-order valence-electron chi connectivity index (χ1n) is 11.0. The van der Waals surface area contributed by atoms with Gasteiger partial charge in [0.25, 0.3) is 5.91 Å². The fraction of sp³-hybridized carbons (Fsp3) is 0.304. The zero-order valence-electron chi connectivity index (χ0n) is 18.7. The van der Waals surface area contributed by atoms with Gasteiger partial charge >= 0.3 is 0 Å². The summed E-state index contributed by atoms with van der Waals surface area (Å²) in [5, 5.41) is 13.8. The number of hydrogen-bond acceptors (Lipinski definition) is 7. The molecule has 1 aliphatic heterocycles. The van der Waals surface area contributed by atoms with Crippen molar-refractivity contribution in [3.8, 4) is 0 Å². The van der Waals surface area contributed by atoms with Gasteiger partial charge in [-0.2, -0.15) is 5.10 Å². The molecule has 10 heteroatoms. The lowest BCUT2D eigenvalue weighted by Crippen LogP contribution is -2.43. The molecular formula is C23H27N9O. The van der Waals surface area contributed by atoms with Crippen molar-refractivity contribution in [2.24, 2.45) is 0 Å². The second kappa shape index (κ2) is 9.00. The highest BCUT2D eigenvalue weighted by Gasteiger charge is 2.17. The average Bonchev–Trinajstić information content (AvgIpc) is 3.43. The molecule has 1 aromatic carbocycles. The fourth-order valence-corrected chi connectivity index (χ4v) is 4.00. The van der Waals surface area contributed by atoms with E-state index in [0.717, 1.165) is 55.1 Å². The van der Waals surface area contributed by atoms with E-state index >= 15 is 0 Å². The number of hydrogen-bond donors (Lipinski definition) is 4. The van der Waals surface area contributed by atoms with Crippen molar-refractivity contribution in [2.75, 3.05) is 43.9 Å². The number of fused-ring (bicyclic) bond motifs is 1. The number of amides is 1. The third kappa shape index (κ3) is 4.71. The van der Waals surface area contributed by atoms with Crippen LogP contribution in [0.25, 0.3) is 11.0 Å². The van der Waals surface area contributed by atoms with Crippen molar-refractivity contribution in [1.82, 2.24) is 34.9 Å². The van der Waals surface area contributed by atoms with Gasteiger partial charge < -0.3 is 20.5 Å². The number of H-pyrrole nitrogens is 2. The Kier molecular flexibility index (Phi) is 5.76. The fourth-order valence-electron chi connectivity index (χ4n) is 4.00. The lowest BCUT2D eigenvalue weighted by atomic mass is 10.1. The molecule has 170 valence electrons. The van der Waals surface area contributed by atoms with Crippen LogP contribution in [0, 0.1) is 6.92 Å². The Morgan fingerprint density at radius 2 is 1.91 bits per heavy atom. The maximum Gasteiger partial charge on any atom is 0.275 e. The Morgan fingerprint density at radius 3 is 2.70 bits per heavy atom. The largest absolute Gasteiger partial charge is 0.343 e. The first kappa shape index (κ1) is 21.1. The van der Waals surface area contributed by atoms with Crippen LogP contribution in [0.1, 0.15) is 21.7 Å². The first-order chi connectivity index (χ1) is 16.0. The van der Waals surface area contributed by atoms with Crippen molar-refractivity contribution < 1.29 is 4.79 Å². The zero-order chi connectivity index (χ0) is 22.8. The number of benzene rings is 1. The van der Waals surface area contributed by atoms with E-state index in [-0.39, 0.29) is 5.91 Å². The van der Waals surface area contributed by atoms with E-state index in [1.165, 1.54) is 11.9 Å². The van der Waals surface area contributed by atoms with Gasteiger partial charge in [-0.05, 0) is 37.7 Å². The second-order valence-corrected chi connectivity index (χ2v) is 8.45. The molecule has 0 atom stereocenters. The normalized spacial score (nSPS) is 15.1. The number of rotatable bonds is 6. The Bertz CT molecular complexity index is 1250. The summed E-state index contributed by atoms with van der Waals surface area (Å²) in [6.45, 7) is 7.22. The van der Waals surface area contributed by atoms with E-state index in [0.29, 0.717) is 17.2 Å². The summed E-state index contributed by atoms with van der Waals surface area (Å²) in [5.74, 6) is 0.324. The molecule has 1 amide bonds. The number of nitrogens with zero attached hydrogens (tertiary/aromatic N) is 5. The standard InChI is InChI=1S/C23H27N9O/c1-15-11-18-21(27-15)24-14-25-22(18)29-19-12-26-30-20(19)23(33)28-17-5-3-16(4-6-17)13-32-9-7-31(2)8-10-32/h3-6,11-12,14H,7-10,13H2,1-2H3,(H,26,30)(H,28,33)(H2,24,25,27,29). The topological polar surface area (TPSA) is 118 Å². The Balaban J connectivity index is 1.25. The van der Waals surface area contributed by atoms with E-state index in [4.69, 9.17) is 0 Å². The molecule has 3 aromatic heterocycles. The number of aromatic nitrogens is 5. The molecule has 1 aliphatic rings. The highest BCUT2D eigenvalue weighted by molar-refractivity contribution is 6.07. The molecule has 1 saturated heterocycles. The molecule has 4 aromatic rings. The molecule has 0 unspecified atom stereocenters. The molecule has 10 nitrogen and oxygen atoms in total. The Morgan fingerprint density at radius 1 is 1.12 bits per heavy atom. The van der Waals surface area contributed by atoms with Crippen LogP contribution >= 0.6 is 0 Å². The first-order valence-corrected chi connectivity index (χ1v) is 11.0. The van der Waals surface area contributed by atoms with Crippen molar-refractivity contribution in [3.05, 3.63) is 59.8 Å². The molecule has 0 saturated carbocycles. The summed E-state index contributed by atoms with van der Waals surface area (Å²) in [7, 11) is 2.16. The molecular weight excluding hydrogens is 418 g/mol. The van der Waals surface area contributed by atoms with Gasteiger partial charge in [0, 0.05) is 44.1 Å². The van der Waals surface area contributed by atoms with E-state index in [2.05, 4.69) is 64.8 Å². The predicted molar refractivity (Wildman–Crippen MR) is 128 cm³/mol. The monoisotopic (exact) mass is 445 g/mol. The quantitative estimate of drug-likeness (QED) is 0.360. The molecule has 0 bridgehead atoms. The summed E-state index contributed by atoms with van der Waals surface area (Å²) in [5.41, 5.74) is 4.55. The maximum absolute atomic E-state index is 12.9. The highest BCUT2D eigenvalue weighted by atomic mass is 16.2. The minimum absolute atomic E-state index is 0.280. The summed E-state index contributed by atoms with van der Waals surface area (Å²) in [6.07, 6.45) is 3.05. The molecule has 4 heterocycles. The van der Waals surface area contributed by atoms with Gasteiger partial charge in [0.1, 0.15) is 23.5 Å². The Labute approximate surface area is 191 Å². The van der Waals surface area contributed by atoms with Gasteiger partial charge in [0.05, 0.1) is 17.3 Å². The lowest BCUT2D eigenvalue weighted by molar-refractivity contribution is 0.102. The SMILES string of the molecule is Cc1cc2c(Nc3cn[nH]c3C(=O)Nc3ccc(CN4CCN(C)CC4)cc3)ncnc2[nH]1. The van der Waals surface area contributed by atoms with Gasteiger partial charge in [0.15, 0.2) is 0 Å². The molecule has 33 heavy (non-hydrogen) atoms. The lowest BCUT2D eigenvalue weighted by Gasteiger charge is -2.32. The van der Waals surface area contributed by atoms with Crippen molar-refractivity contribution >= 4 is 34.1 Å². The zero-order valence-corrected chi connectivity index (χ0v) is 18.7. The average molecular weight is 446 g/mol. The van der Waals surface area contributed by atoms with Crippen LogP contribution in [-0.4, -0.2) is 74.1 Å². The van der Waals surface area contributed by atoms with E-state index in [1.54, 1.807) is 6.20 Å². The molecule has 4 N–H and O–H groups in total. The highest BCUT2D eigenvalue weighted by Crippen LogP contribution is 2.25. The van der Waals surface area contributed by atoms with Crippen molar-refractivity contribution in [2.45, 2.75) is 13.5 Å². The summed E-state index contributed by atoms with van der Waals surface area (Å²) < 4.78 is 0. The van der Waals surface area contributed by atoms with E-state index in [9.17, 15) is 4.79 Å². The molecule has 0 aliphatic carbocycles. The van der Waals surface area contributed by atoms with Crippen LogP contribution in [0.3, 0.4) is 0 Å². The van der Waals surface area contributed by atoms with Gasteiger partial charge in [-0.25, -0.2) is 9.97 Å². The number of aryl methyl sites for hydroxylation is 1.